The molecule has 0 saturated heterocycles. The van der Waals surface area contributed by atoms with Crippen LogP contribution >= 0.6 is 11.6 Å². The van der Waals surface area contributed by atoms with E-state index in [0.29, 0.717) is 16.3 Å². The fourth-order valence-corrected chi connectivity index (χ4v) is 2.28. The third-order valence-corrected chi connectivity index (χ3v) is 3.39. The van der Waals surface area contributed by atoms with Crippen molar-refractivity contribution in [3.05, 3.63) is 65.2 Å². The van der Waals surface area contributed by atoms with Crippen LogP contribution in [-0.2, 0) is 9.59 Å². The van der Waals surface area contributed by atoms with Crippen LogP contribution in [0.4, 0.5) is 5.69 Å². The van der Waals surface area contributed by atoms with Gasteiger partial charge in [-0.1, -0.05) is 35.9 Å². The first kappa shape index (κ1) is 17.4. The van der Waals surface area contributed by atoms with Gasteiger partial charge in [-0.15, -0.1) is 0 Å². The monoisotopic (exact) mass is 343 g/mol. The van der Waals surface area contributed by atoms with E-state index < -0.39 is 11.8 Å². The molecule has 0 spiro atoms. The highest BCUT2D eigenvalue weighted by Crippen LogP contribution is 2.31. The molecule has 0 radical (unpaired) electrons. The molecule has 0 aliphatic rings. The van der Waals surface area contributed by atoms with Crippen molar-refractivity contribution in [2.75, 3.05) is 5.32 Å². The van der Waals surface area contributed by atoms with E-state index in [0.717, 1.165) is 23.3 Å². The summed E-state index contributed by atoms with van der Waals surface area (Å²) < 4.78 is 0. The highest BCUT2D eigenvalue weighted by Gasteiger charge is 2.09. The number of ketones is 1. The first-order chi connectivity index (χ1) is 11.4. The number of carboxylic acids is 1. The number of hydrogen-bond acceptors (Lipinski definition) is 3. The minimum Gasteiger partial charge on any atom is -0.478 e. The molecule has 0 aromatic heterocycles. The number of hydrogen-bond donors (Lipinski definition) is 2. The van der Waals surface area contributed by atoms with E-state index in [9.17, 15) is 14.4 Å². The molecular weight excluding hydrogens is 330 g/mol. The number of allylic oxidation sites excluding steroid dienone is 1. The Morgan fingerprint density at radius 3 is 2.29 bits per heavy atom. The number of carboxylic acid groups (broad SMARTS) is 1. The first-order valence-electron chi connectivity index (χ1n) is 7.00. The quantitative estimate of drug-likeness (QED) is 0.639. The molecular formula is C18H14ClNO4. The fraction of sp³-hybridized carbons (Fsp3) is 0.0556. The maximum Gasteiger partial charge on any atom is 0.328 e. The summed E-state index contributed by atoms with van der Waals surface area (Å²) in [5.74, 6) is -1.79. The van der Waals surface area contributed by atoms with E-state index >= 15 is 0 Å². The van der Waals surface area contributed by atoms with Crippen molar-refractivity contribution < 1.29 is 19.5 Å². The van der Waals surface area contributed by atoms with Crippen molar-refractivity contribution in [3.63, 3.8) is 0 Å². The van der Waals surface area contributed by atoms with E-state index in [1.54, 1.807) is 42.5 Å². The molecule has 0 heterocycles. The van der Waals surface area contributed by atoms with Crippen molar-refractivity contribution in [2.24, 2.45) is 0 Å². The number of nitrogens with one attached hydrogen (secondary N) is 1. The van der Waals surface area contributed by atoms with Crippen molar-refractivity contribution >= 4 is 34.9 Å². The zero-order valence-electron chi connectivity index (χ0n) is 12.7. The average molecular weight is 344 g/mol. The Morgan fingerprint density at radius 1 is 1.04 bits per heavy atom. The van der Waals surface area contributed by atoms with Crippen LogP contribution in [0.1, 0.15) is 17.3 Å². The second kappa shape index (κ2) is 7.57. The maximum absolute atomic E-state index is 11.8. The predicted octanol–water partition coefficient (Wildman–Crippen LogP) is 3.79. The lowest BCUT2D eigenvalue weighted by molar-refractivity contribution is -0.131. The van der Waals surface area contributed by atoms with Gasteiger partial charge in [0.15, 0.2) is 5.78 Å². The fourth-order valence-electron chi connectivity index (χ4n) is 2.11. The molecule has 0 saturated carbocycles. The summed E-state index contributed by atoms with van der Waals surface area (Å²) in [6.45, 7) is 1.41. The van der Waals surface area contributed by atoms with Crippen LogP contribution in [0.15, 0.2) is 54.6 Å². The number of benzene rings is 2. The Morgan fingerprint density at radius 2 is 1.71 bits per heavy atom. The molecule has 2 rings (SSSR count). The molecule has 6 heteroatoms. The van der Waals surface area contributed by atoms with Crippen molar-refractivity contribution in [1.29, 1.82) is 0 Å². The van der Waals surface area contributed by atoms with Crippen LogP contribution in [0.2, 0.25) is 5.02 Å². The van der Waals surface area contributed by atoms with Gasteiger partial charge in [-0.05, 0) is 29.8 Å². The first-order valence-corrected chi connectivity index (χ1v) is 7.37. The lowest BCUT2D eigenvalue weighted by Crippen LogP contribution is -2.06. The molecule has 24 heavy (non-hydrogen) atoms. The summed E-state index contributed by atoms with van der Waals surface area (Å²) in [6, 6.07) is 11.7. The van der Waals surface area contributed by atoms with Crippen LogP contribution in [0.5, 0.6) is 0 Å². The molecule has 2 aromatic carbocycles. The molecule has 0 atom stereocenters. The van der Waals surface area contributed by atoms with Gasteiger partial charge in [0.1, 0.15) is 0 Å². The number of rotatable bonds is 5. The van der Waals surface area contributed by atoms with Crippen molar-refractivity contribution in [1.82, 2.24) is 0 Å². The molecule has 2 aromatic rings. The Hall–Kier alpha value is -2.92. The molecule has 0 unspecified atom stereocenters. The zero-order valence-corrected chi connectivity index (χ0v) is 13.5. The molecule has 122 valence electrons. The molecule has 0 aliphatic carbocycles. The number of aliphatic carboxylic acids is 1. The normalized spacial score (nSPS) is 10.6. The van der Waals surface area contributed by atoms with Crippen LogP contribution < -0.4 is 5.32 Å². The smallest absolute Gasteiger partial charge is 0.328 e. The lowest BCUT2D eigenvalue weighted by Gasteiger charge is -2.11. The highest BCUT2D eigenvalue weighted by atomic mass is 35.5. The number of carbonyl (C=O) groups is 3. The molecule has 0 fully saturated rings. The molecule has 5 nitrogen and oxygen atoms in total. The summed E-state index contributed by atoms with van der Waals surface area (Å²) >= 11 is 6.02. The van der Waals surface area contributed by atoms with E-state index in [1.807, 2.05) is 0 Å². The Labute approximate surface area is 143 Å². The standard InChI is InChI=1S/C18H14ClNO4/c1-11(21)20-16-7-6-14(19)10-15(16)12-2-4-13(5-3-12)17(22)8-9-18(23)24/h2-10H,1H3,(H,20,21)(H,23,24). The van der Waals surface area contributed by atoms with E-state index in [1.165, 1.54) is 6.92 Å². The van der Waals surface area contributed by atoms with Crippen LogP contribution in [0, 0.1) is 0 Å². The minimum absolute atomic E-state index is 0.204. The van der Waals surface area contributed by atoms with E-state index in [4.69, 9.17) is 16.7 Å². The van der Waals surface area contributed by atoms with Gasteiger partial charge in [-0.2, -0.15) is 0 Å². The topological polar surface area (TPSA) is 83.5 Å². The Kier molecular flexibility index (Phi) is 5.50. The van der Waals surface area contributed by atoms with Gasteiger partial charge in [0, 0.05) is 34.8 Å². The highest BCUT2D eigenvalue weighted by molar-refractivity contribution is 6.31. The second-order valence-electron chi connectivity index (χ2n) is 4.98. The molecule has 0 bridgehead atoms. The maximum atomic E-state index is 11.8. The summed E-state index contributed by atoms with van der Waals surface area (Å²) in [7, 11) is 0. The predicted molar refractivity (Wildman–Crippen MR) is 92.3 cm³/mol. The van der Waals surface area contributed by atoms with Crippen LogP contribution in [-0.4, -0.2) is 22.8 Å². The van der Waals surface area contributed by atoms with Gasteiger partial charge in [0.2, 0.25) is 5.91 Å². The minimum atomic E-state index is -1.18. The van der Waals surface area contributed by atoms with Crippen molar-refractivity contribution in [2.45, 2.75) is 6.92 Å². The third-order valence-electron chi connectivity index (χ3n) is 3.15. The summed E-state index contributed by atoms with van der Waals surface area (Å²) in [6.07, 6.45) is 1.79. The van der Waals surface area contributed by atoms with Gasteiger partial charge < -0.3 is 10.4 Å². The van der Waals surface area contributed by atoms with Gasteiger partial charge in [-0.25, -0.2) is 4.79 Å². The van der Waals surface area contributed by atoms with Gasteiger partial charge in [-0.3, -0.25) is 9.59 Å². The van der Waals surface area contributed by atoms with Gasteiger partial charge in [0.25, 0.3) is 0 Å². The number of carbonyl (C=O) groups excluding carboxylic acids is 2. The summed E-state index contributed by atoms with van der Waals surface area (Å²) in [4.78, 5) is 33.6. The number of halogens is 1. The SMILES string of the molecule is CC(=O)Nc1ccc(Cl)cc1-c1ccc(C(=O)C=CC(=O)O)cc1. The van der Waals surface area contributed by atoms with Crippen LogP contribution in [0.3, 0.4) is 0 Å². The Bertz CT molecular complexity index is 825. The van der Waals surface area contributed by atoms with Crippen LogP contribution in [0.25, 0.3) is 11.1 Å². The van der Waals surface area contributed by atoms with E-state index in [2.05, 4.69) is 5.32 Å². The second-order valence-corrected chi connectivity index (χ2v) is 5.42. The number of amides is 1. The average Bonchev–Trinajstić information content (AvgIpc) is 2.54. The summed E-state index contributed by atoms with van der Waals surface area (Å²) in [5, 5.41) is 11.8. The largest absolute Gasteiger partial charge is 0.478 e. The van der Waals surface area contributed by atoms with Crippen molar-refractivity contribution in [3.8, 4) is 11.1 Å². The molecule has 1 amide bonds. The summed E-state index contributed by atoms with van der Waals surface area (Å²) in [5.41, 5.74) is 2.45. The van der Waals surface area contributed by atoms with E-state index in [-0.39, 0.29) is 5.91 Å². The number of anilines is 1. The third kappa shape index (κ3) is 4.54. The zero-order chi connectivity index (χ0) is 17.7. The molecule has 0 aliphatic heterocycles. The Balaban J connectivity index is 2.34. The van der Waals surface area contributed by atoms with Gasteiger partial charge in [0.05, 0.1) is 0 Å². The molecule has 2 N–H and O–H groups in total. The lowest BCUT2D eigenvalue weighted by atomic mass is 10.0. The van der Waals surface area contributed by atoms with Gasteiger partial charge >= 0.3 is 5.97 Å².